The van der Waals surface area contributed by atoms with E-state index in [-0.39, 0.29) is 11.8 Å². The van der Waals surface area contributed by atoms with E-state index in [0.717, 1.165) is 5.69 Å². The molecule has 1 N–H and O–H groups in total. The highest BCUT2D eigenvalue weighted by Crippen LogP contribution is 2.27. The highest BCUT2D eigenvalue weighted by Gasteiger charge is 2.07. The van der Waals surface area contributed by atoms with Crippen molar-refractivity contribution < 1.29 is 14.3 Å². The number of benzene rings is 2. The Morgan fingerprint density at radius 3 is 2.42 bits per heavy atom. The van der Waals surface area contributed by atoms with Gasteiger partial charge in [-0.05, 0) is 48.9 Å². The van der Waals surface area contributed by atoms with Crippen LogP contribution in [-0.2, 0) is 9.59 Å². The standard InChI is InChI=1S/C19H20Cl2N2O3/c1-13(24)23(2)16-8-6-15(7-9-16)22-19(25)4-3-11-26-18-10-5-14(20)12-17(18)21/h5-10,12H,3-4,11H2,1-2H3,(H,22,25). The number of nitrogens with one attached hydrogen (secondary N) is 1. The van der Waals surface area contributed by atoms with Crippen LogP contribution in [-0.4, -0.2) is 25.5 Å². The van der Waals surface area contributed by atoms with E-state index in [1.165, 1.54) is 11.8 Å². The molecule has 0 unspecified atom stereocenters. The Bertz CT molecular complexity index is 779. The fraction of sp³-hybridized carbons (Fsp3) is 0.263. The second-order valence-corrected chi connectivity index (χ2v) is 6.54. The molecule has 0 saturated heterocycles. The second kappa shape index (κ2) is 9.46. The van der Waals surface area contributed by atoms with Gasteiger partial charge in [0.15, 0.2) is 0 Å². The number of ether oxygens (including phenoxy) is 1. The molecule has 0 saturated carbocycles. The lowest BCUT2D eigenvalue weighted by Gasteiger charge is -2.15. The van der Waals surface area contributed by atoms with Crippen LogP contribution in [0, 0.1) is 0 Å². The number of halogens is 2. The van der Waals surface area contributed by atoms with Gasteiger partial charge < -0.3 is 15.0 Å². The molecule has 0 aromatic heterocycles. The quantitative estimate of drug-likeness (QED) is 0.687. The predicted octanol–water partition coefficient (Wildman–Crippen LogP) is 4.77. The Balaban J connectivity index is 1.75. The minimum absolute atomic E-state index is 0.0532. The van der Waals surface area contributed by atoms with Crippen molar-refractivity contribution in [3.05, 3.63) is 52.5 Å². The van der Waals surface area contributed by atoms with Crippen LogP contribution in [0.15, 0.2) is 42.5 Å². The first-order valence-electron chi connectivity index (χ1n) is 8.09. The number of anilines is 2. The van der Waals surface area contributed by atoms with Crippen LogP contribution < -0.4 is 15.0 Å². The Labute approximate surface area is 162 Å². The number of hydrogen-bond acceptors (Lipinski definition) is 3. The molecule has 2 aromatic rings. The average molecular weight is 395 g/mol. The zero-order valence-corrected chi connectivity index (χ0v) is 16.1. The van der Waals surface area contributed by atoms with Crippen molar-refractivity contribution in [1.82, 2.24) is 0 Å². The van der Waals surface area contributed by atoms with Crippen molar-refractivity contribution in [3.8, 4) is 5.75 Å². The SMILES string of the molecule is CC(=O)N(C)c1ccc(NC(=O)CCCOc2ccc(Cl)cc2Cl)cc1. The van der Waals surface area contributed by atoms with Crippen molar-refractivity contribution in [1.29, 1.82) is 0 Å². The minimum Gasteiger partial charge on any atom is -0.492 e. The molecule has 2 aromatic carbocycles. The molecular formula is C19H20Cl2N2O3. The fourth-order valence-corrected chi connectivity index (χ4v) is 2.64. The summed E-state index contributed by atoms with van der Waals surface area (Å²) in [5.41, 5.74) is 1.45. The van der Waals surface area contributed by atoms with E-state index < -0.39 is 0 Å². The Morgan fingerprint density at radius 2 is 1.81 bits per heavy atom. The third kappa shape index (κ3) is 5.93. The van der Waals surface area contributed by atoms with Gasteiger partial charge in [-0.15, -0.1) is 0 Å². The zero-order chi connectivity index (χ0) is 19.1. The van der Waals surface area contributed by atoms with Crippen LogP contribution in [0.25, 0.3) is 0 Å². The van der Waals surface area contributed by atoms with Gasteiger partial charge in [-0.3, -0.25) is 9.59 Å². The summed E-state index contributed by atoms with van der Waals surface area (Å²) < 4.78 is 5.55. The minimum atomic E-state index is -0.108. The number of carbonyl (C=O) groups is 2. The third-order valence-corrected chi connectivity index (χ3v) is 4.24. The Kier molecular flexibility index (Phi) is 7.30. The van der Waals surface area contributed by atoms with Crippen molar-refractivity contribution in [2.75, 3.05) is 23.9 Å². The number of rotatable bonds is 7. The molecule has 0 bridgehead atoms. The summed E-state index contributed by atoms with van der Waals surface area (Å²) in [5, 5.41) is 3.80. The van der Waals surface area contributed by atoms with E-state index in [0.29, 0.717) is 40.9 Å². The topological polar surface area (TPSA) is 58.6 Å². The molecule has 138 valence electrons. The summed E-state index contributed by atoms with van der Waals surface area (Å²) in [4.78, 5) is 24.8. The fourth-order valence-electron chi connectivity index (χ4n) is 2.18. The molecule has 5 nitrogen and oxygen atoms in total. The van der Waals surface area contributed by atoms with Gasteiger partial charge in [-0.25, -0.2) is 0 Å². The highest BCUT2D eigenvalue weighted by atomic mass is 35.5. The van der Waals surface area contributed by atoms with Crippen molar-refractivity contribution in [2.45, 2.75) is 19.8 Å². The molecule has 0 atom stereocenters. The van der Waals surface area contributed by atoms with E-state index in [9.17, 15) is 9.59 Å². The molecule has 0 aliphatic carbocycles. The first-order chi connectivity index (χ1) is 12.4. The molecular weight excluding hydrogens is 375 g/mol. The van der Waals surface area contributed by atoms with Crippen LogP contribution in [0.1, 0.15) is 19.8 Å². The summed E-state index contributed by atoms with van der Waals surface area (Å²) in [5.74, 6) is 0.382. The molecule has 2 amide bonds. The van der Waals surface area contributed by atoms with E-state index >= 15 is 0 Å². The number of nitrogens with zero attached hydrogens (tertiary/aromatic N) is 1. The summed E-state index contributed by atoms with van der Waals surface area (Å²) in [7, 11) is 1.70. The van der Waals surface area contributed by atoms with Gasteiger partial charge in [-0.1, -0.05) is 23.2 Å². The number of hydrogen-bond donors (Lipinski definition) is 1. The molecule has 0 fully saturated rings. The summed E-state index contributed by atoms with van der Waals surface area (Å²) >= 11 is 11.8. The maximum absolute atomic E-state index is 12.0. The first-order valence-corrected chi connectivity index (χ1v) is 8.84. The van der Waals surface area contributed by atoms with Crippen LogP contribution in [0.3, 0.4) is 0 Å². The molecule has 0 spiro atoms. The molecule has 7 heteroatoms. The summed E-state index contributed by atoms with van der Waals surface area (Å²) in [6.07, 6.45) is 0.871. The normalized spacial score (nSPS) is 10.3. The van der Waals surface area contributed by atoms with Gasteiger partial charge in [-0.2, -0.15) is 0 Å². The second-order valence-electron chi connectivity index (χ2n) is 5.70. The smallest absolute Gasteiger partial charge is 0.224 e. The number of carbonyl (C=O) groups excluding carboxylic acids is 2. The third-order valence-electron chi connectivity index (χ3n) is 3.71. The van der Waals surface area contributed by atoms with Crippen molar-refractivity contribution in [2.24, 2.45) is 0 Å². The van der Waals surface area contributed by atoms with E-state index in [1.54, 1.807) is 49.5 Å². The molecule has 0 radical (unpaired) electrons. The summed E-state index contributed by atoms with van der Waals surface area (Å²) in [6, 6.07) is 12.1. The monoisotopic (exact) mass is 394 g/mol. The summed E-state index contributed by atoms with van der Waals surface area (Å²) in [6.45, 7) is 1.87. The largest absolute Gasteiger partial charge is 0.492 e. The van der Waals surface area contributed by atoms with Gasteiger partial charge in [0.2, 0.25) is 11.8 Å². The molecule has 2 rings (SSSR count). The Morgan fingerprint density at radius 1 is 1.12 bits per heavy atom. The maximum atomic E-state index is 12.0. The molecule has 0 heterocycles. The van der Waals surface area contributed by atoms with Crippen LogP contribution in [0.4, 0.5) is 11.4 Å². The predicted molar refractivity (Wildman–Crippen MR) is 105 cm³/mol. The van der Waals surface area contributed by atoms with Crippen molar-refractivity contribution in [3.63, 3.8) is 0 Å². The lowest BCUT2D eigenvalue weighted by Crippen LogP contribution is -2.22. The lowest BCUT2D eigenvalue weighted by molar-refractivity contribution is -0.117. The molecule has 26 heavy (non-hydrogen) atoms. The average Bonchev–Trinajstić information content (AvgIpc) is 2.60. The van der Waals surface area contributed by atoms with Gasteiger partial charge in [0.05, 0.1) is 11.6 Å². The van der Waals surface area contributed by atoms with Crippen LogP contribution >= 0.6 is 23.2 Å². The molecule has 0 aliphatic heterocycles. The van der Waals surface area contributed by atoms with Gasteiger partial charge >= 0.3 is 0 Å². The Hall–Kier alpha value is -2.24. The van der Waals surface area contributed by atoms with Crippen LogP contribution in [0.5, 0.6) is 5.75 Å². The van der Waals surface area contributed by atoms with E-state index in [1.807, 2.05) is 0 Å². The van der Waals surface area contributed by atoms with E-state index in [4.69, 9.17) is 27.9 Å². The van der Waals surface area contributed by atoms with E-state index in [2.05, 4.69) is 5.32 Å². The van der Waals surface area contributed by atoms with Crippen molar-refractivity contribution >= 4 is 46.4 Å². The maximum Gasteiger partial charge on any atom is 0.224 e. The zero-order valence-electron chi connectivity index (χ0n) is 14.6. The first kappa shape index (κ1) is 20.1. The molecule has 0 aliphatic rings. The highest BCUT2D eigenvalue weighted by molar-refractivity contribution is 6.35. The van der Waals surface area contributed by atoms with Crippen LogP contribution in [0.2, 0.25) is 10.0 Å². The van der Waals surface area contributed by atoms with Gasteiger partial charge in [0.1, 0.15) is 5.75 Å². The lowest BCUT2D eigenvalue weighted by atomic mass is 10.2. The number of amides is 2. The van der Waals surface area contributed by atoms with Gasteiger partial charge in [0, 0.05) is 36.8 Å². The van der Waals surface area contributed by atoms with Gasteiger partial charge in [0.25, 0.3) is 0 Å².